The lowest BCUT2D eigenvalue weighted by Crippen LogP contribution is -2.07. The molecule has 0 amide bonds. The molecule has 0 fully saturated rings. The molecule has 0 unspecified atom stereocenters. The molecular weight excluding hydrogens is 337 g/mol. The summed E-state index contributed by atoms with van der Waals surface area (Å²) >= 11 is 1.12. The average Bonchev–Trinajstić information content (AvgIpc) is 2.98. The maximum atomic E-state index is 13.7. The summed E-state index contributed by atoms with van der Waals surface area (Å²) in [5, 5.41) is 8.41. The van der Waals surface area contributed by atoms with Crippen LogP contribution in [0.4, 0.5) is 13.2 Å². The van der Waals surface area contributed by atoms with E-state index in [1.165, 1.54) is 30.3 Å². The summed E-state index contributed by atoms with van der Waals surface area (Å²) in [5.74, 6) is -1.09. The first-order valence-electron chi connectivity index (χ1n) is 7.06. The Morgan fingerprint density at radius 3 is 2.25 bits per heavy atom. The highest BCUT2D eigenvalue weighted by atomic mass is 32.2. The molecule has 24 heavy (non-hydrogen) atoms. The maximum absolute atomic E-state index is 13.7. The van der Waals surface area contributed by atoms with Crippen LogP contribution in [0.15, 0.2) is 47.6 Å². The van der Waals surface area contributed by atoms with Gasteiger partial charge in [-0.1, -0.05) is 17.8 Å². The minimum Gasteiger partial charge on any atom is -0.324 e. The van der Waals surface area contributed by atoms with E-state index in [9.17, 15) is 13.2 Å². The molecule has 2 aromatic carbocycles. The number of hydrogen-bond donors (Lipinski definition) is 1. The second-order valence-electron chi connectivity index (χ2n) is 4.90. The molecule has 0 spiro atoms. The number of nitrogens with zero attached hydrogens (tertiary/aromatic N) is 3. The van der Waals surface area contributed by atoms with Gasteiger partial charge in [0.05, 0.1) is 6.54 Å². The molecule has 1 aromatic heterocycles. The third-order valence-corrected chi connectivity index (χ3v) is 4.33. The lowest BCUT2D eigenvalue weighted by molar-refractivity contribution is 0.566. The van der Waals surface area contributed by atoms with Crippen molar-refractivity contribution in [2.24, 2.45) is 5.73 Å². The summed E-state index contributed by atoms with van der Waals surface area (Å²) in [6.07, 6.45) is 0. The van der Waals surface area contributed by atoms with Gasteiger partial charge in [0, 0.05) is 17.0 Å². The van der Waals surface area contributed by atoms with E-state index < -0.39 is 11.6 Å². The first-order chi connectivity index (χ1) is 11.6. The lowest BCUT2D eigenvalue weighted by Gasteiger charge is -2.10. The molecule has 0 bridgehead atoms. The van der Waals surface area contributed by atoms with E-state index in [-0.39, 0.29) is 23.7 Å². The van der Waals surface area contributed by atoms with Gasteiger partial charge in [0.15, 0.2) is 11.0 Å². The van der Waals surface area contributed by atoms with Crippen molar-refractivity contribution in [3.05, 3.63) is 71.3 Å². The second kappa shape index (κ2) is 7.06. The first-order valence-corrected chi connectivity index (χ1v) is 8.04. The molecule has 0 aliphatic rings. The maximum Gasteiger partial charge on any atom is 0.196 e. The summed E-state index contributed by atoms with van der Waals surface area (Å²) in [7, 11) is 0. The summed E-state index contributed by atoms with van der Waals surface area (Å²) in [5.41, 5.74) is 6.25. The molecule has 0 saturated heterocycles. The topological polar surface area (TPSA) is 56.7 Å². The van der Waals surface area contributed by atoms with Crippen molar-refractivity contribution in [3.63, 3.8) is 0 Å². The molecule has 0 radical (unpaired) electrons. The summed E-state index contributed by atoms with van der Waals surface area (Å²) < 4.78 is 42.2. The highest BCUT2D eigenvalue weighted by molar-refractivity contribution is 7.98. The van der Waals surface area contributed by atoms with Crippen molar-refractivity contribution >= 4 is 11.8 Å². The standard InChI is InChI=1S/C16H13F3N4S/c17-10-4-6-11(7-5-10)23-15(8-20)21-22-16(23)24-9-12-13(18)2-1-3-14(12)19/h1-7H,8-9,20H2. The highest BCUT2D eigenvalue weighted by Gasteiger charge is 2.16. The number of benzene rings is 2. The monoisotopic (exact) mass is 350 g/mol. The number of halogens is 3. The Bertz CT molecular complexity index is 829. The van der Waals surface area contributed by atoms with Gasteiger partial charge in [0.1, 0.15) is 17.5 Å². The fourth-order valence-corrected chi connectivity index (χ4v) is 3.17. The molecule has 0 aliphatic carbocycles. The molecule has 124 valence electrons. The van der Waals surface area contributed by atoms with Crippen LogP contribution >= 0.6 is 11.8 Å². The summed E-state index contributed by atoms with van der Waals surface area (Å²) in [4.78, 5) is 0. The van der Waals surface area contributed by atoms with E-state index in [4.69, 9.17) is 5.73 Å². The molecule has 2 N–H and O–H groups in total. The van der Waals surface area contributed by atoms with Gasteiger partial charge in [-0.25, -0.2) is 13.2 Å². The number of aromatic nitrogens is 3. The Balaban J connectivity index is 1.92. The van der Waals surface area contributed by atoms with Gasteiger partial charge in [-0.15, -0.1) is 10.2 Å². The minimum atomic E-state index is -0.616. The van der Waals surface area contributed by atoms with Crippen LogP contribution in [0.3, 0.4) is 0 Å². The first kappa shape index (κ1) is 16.5. The zero-order valence-corrected chi connectivity index (χ0v) is 13.2. The smallest absolute Gasteiger partial charge is 0.196 e. The van der Waals surface area contributed by atoms with Crippen LogP contribution in [0.2, 0.25) is 0 Å². The van der Waals surface area contributed by atoms with Gasteiger partial charge in [-0.2, -0.15) is 0 Å². The fraction of sp³-hybridized carbons (Fsp3) is 0.125. The quantitative estimate of drug-likeness (QED) is 0.716. The SMILES string of the molecule is NCc1nnc(SCc2c(F)cccc2F)n1-c1ccc(F)cc1. The highest BCUT2D eigenvalue weighted by Crippen LogP contribution is 2.27. The third kappa shape index (κ3) is 3.29. The van der Waals surface area contributed by atoms with Crippen LogP contribution < -0.4 is 5.73 Å². The fourth-order valence-electron chi connectivity index (χ4n) is 2.18. The van der Waals surface area contributed by atoms with Crippen molar-refractivity contribution in [1.29, 1.82) is 0 Å². The van der Waals surface area contributed by atoms with Gasteiger partial charge in [0.25, 0.3) is 0 Å². The van der Waals surface area contributed by atoms with Crippen LogP contribution in [0.5, 0.6) is 0 Å². The van der Waals surface area contributed by atoms with Crippen molar-refractivity contribution in [1.82, 2.24) is 14.8 Å². The Kier molecular flexibility index (Phi) is 4.86. The molecule has 8 heteroatoms. The van der Waals surface area contributed by atoms with Gasteiger partial charge in [-0.3, -0.25) is 4.57 Å². The summed E-state index contributed by atoms with van der Waals surface area (Å²) in [6, 6.07) is 9.45. The summed E-state index contributed by atoms with van der Waals surface area (Å²) in [6.45, 7) is 0.124. The van der Waals surface area contributed by atoms with E-state index in [1.54, 1.807) is 16.7 Å². The van der Waals surface area contributed by atoms with Crippen LogP contribution in [0.1, 0.15) is 11.4 Å². The van der Waals surface area contributed by atoms with Gasteiger partial charge >= 0.3 is 0 Å². The van der Waals surface area contributed by atoms with Crippen molar-refractivity contribution < 1.29 is 13.2 Å². The predicted octanol–water partition coefficient (Wildman–Crippen LogP) is 3.44. The van der Waals surface area contributed by atoms with E-state index in [0.29, 0.717) is 16.7 Å². The Labute approximate surface area is 140 Å². The van der Waals surface area contributed by atoms with Crippen LogP contribution in [0.25, 0.3) is 5.69 Å². The van der Waals surface area contributed by atoms with E-state index in [1.807, 2.05) is 0 Å². The number of rotatable bonds is 5. The van der Waals surface area contributed by atoms with Crippen molar-refractivity contribution in [2.75, 3.05) is 0 Å². The van der Waals surface area contributed by atoms with Crippen LogP contribution in [0, 0.1) is 17.5 Å². The Hall–Kier alpha value is -2.32. The van der Waals surface area contributed by atoms with Crippen molar-refractivity contribution in [2.45, 2.75) is 17.5 Å². The second-order valence-corrected chi connectivity index (χ2v) is 5.85. The molecular formula is C16H13F3N4S. The van der Waals surface area contributed by atoms with E-state index in [2.05, 4.69) is 10.2 Å². The van der Waals surface area contributed by atoms with E-state index in [0.717, 1.165) is 11.8 Å². The third-order valence-electron chi connectivity index (χ3n) is 3.38. The zero-order chi connectivity index (χ0) is 17.1. The molecule has 0 saturated carbocycles. The lowest BCUT2D eigenvalue weighted by atomic mass is 10.2. The largest absolute Gasteiger partial charge is 0.324 e. The molecule has 0 atom stereocenters. The van der Waals surface area contributed by atoms with Crippen LogP contribution in [-0.4, -0.2) is 14.8 Å². The average molecular weight is 350 g/mol. The Morgan fingerprint density at radius 2 is 1.62 bits per heavy atom. The zero-order valence-electron chi connectivity index (χ0n) is 12.4. The van der Waals surface area contributed by atoms with Crippen LogP contribution in [-0.2, 0) is 12.3 Å². The number of nitrogens with two attached hydrogens (primary N) is 1. The molecule has 3 rings (SSSR count). The molecule has 1 heterocycles. The predicted molar refractivity (Wildman–Crippen MR) is 85.1 cm³/mol. The number of hydrogen-bond acceptors (Lipinski definition) is 4. The minimum absolute atomic E-state index is 0.0366. The van der Waals surface area contributed by atoms with Crippen molar-refractivity contribution in [3.8, 4) is 5.69 Å². The number of thioether (sulfide) groups is 1. The van der Waals surface area contributed by atoms with Gasteiger partial charge < -0.3 is 5.73 Å². The van der Waals surface area contributed by atoms with Gasteiger partial charge in [0.2, 0.25) is 0 Å². The van der Waals surface area contributed by atoms with Gasteiger partial charge in [-0.05, 0) is 36.4 Å². The van der Waals surface area contributed by atoms with E-state index >= 15 is 0 Å². The normalized spacial score (nSPS) is 11.0. The molecule has 0 aliphatic heterocycles. The Morgan fingerprint density at radius 1 is 0.958 bits per heavy atom. The molecule has 3 aromatic rings. The molecule has 4 nitrogen and oxygen atoms in total.